The molecule has 0 saturated carbocycles. The summed E-state index contributed by atoms with van der Waals surface area (Å²) in [5, 5.41) is 2.99. The number of amides is 1. The normalized spacial score (nSPS) is 22.3. The van der Waals surface area contributed by atoms with Gasteiger partial charge in [-0.15, -0.1) is 0 Å². The quantitative estimate of drug-likeness (QED) is 0.822. The number of carbonyl (C=O) groups is 1. The molecule has 1 amide bonds. The van der Waals surface area contributed by atoms with Crippen molar-refractivity contribution in [3.05, 3.63) is 29.8 Å². The third-order valence-electron chi connectivity index (χ3n) is 4.23. The molecule has 0 unspecified atom stereocenters. The maximum atomic E-state index is 12.0. The third-order valence-corrected chi connectivity index (χ3v) is 4.23. The van der Waals surface area contributed by atoms with Crippen molar-refractivity contribution in [3.8, 4) is 5.75 Å². The van der Waals surface area contributed by atoms with Crippen LogP contribution >= 0.6 is 0 Å². The number of nitrogens with one attached hydrogen (secondary N) is 1. The van der Waals surface area contributed by atoms with E-state index in [4.69, 9.17) is 4.74 Å². The fourth-order valence-corrected chi connectivity index (χ4v) is 3.32. The van der Waals surface area contributed by atoms with E-state index in [0.717, 1.165) is 37.1 Å². The van der Waals surface area contributed by atoms with Crippen molar-refractivity contribution < 1.29 is 9.53 Å². The average Bonchev–Trinajstić information content (AvgIpc) is 2.50. The van der Waals surface area contributed by atoms with Gasteiger partial charge in [-0.1, -0.05) is 13.8 Å². The van der Waals surface area contributed by atoms with E-state index in [-0.39, 0.29) is 5.91 Å². The van der Waals surface area contributed by atoms with Gasteiger partial charge in [-0.2, -0.15) is 0 Å². The van der Waals surface area contributed by atoms with Crippen LogP contribution < -0.4 is 10.1 Å². The van der Waals surface area contributed by atoms with Crippen LogP contribution in [0.4, 0.5) is 0 Å². The van der Waals surface area contributed by atoms with Gasteiger partial charge in [-0.05, 0) is 55.5 Å². The Balaban J connectivity index is 1.68. The molecule has 1 heterocycles. The fourth-order valence-electron chi connectivity index (χ4n) is 3.32. The van der Waals surface area contributed by atoms with Gasteiger partial charge in [-0.25, -0.2) is 0 Å². The highest BCUT2D eigenvalue weighted by molar-refractivity contribution is 5.94. The van der Waals surface area contributed by atoms with Crippen molar-refractivity contribution in [2.24, 2.45) is 11.8 Å². The summed E-state index contributed by atoms with van der Waals surface area (Å²) in [7, 11) is 1.62. The second-order valence-electron chi connectivity index (χ2n) is 6.54. The van der Waals surface area contributed by atoms with Crippen molar-refractivity contribution in [3.63, 3.8) is 0 Å². The molecule has 0 bridgehead atoms. The van der Waals surface area contributed by atoms with E-state index in [1.54, 1.807) is 19.2 Å². The molecule has 1 fully saturated rings. The molecule has 4 nitrogen and oxygen atoms in total. The smallest absolute Gasteiger partial charge is 0.251 e. The molecule has 0 spiro atoms. The monoisotopic (exact) mass is 304 g/mol. The van der Waals surface area contributed by atoms with Crippen LogP contribution in [0, 0.1) is 11.8 Å². The highest BCUT2D eigenvalue weighted by Crippen LogP contribution is 2.20. The number of benzene rings is 1. The van der Waals surface area contributed by atoms with E-state index >= 15 is 0 Å². The lowest BCUT2D eigenvalue weighted by Gasteiger charge is -2.34. The van der Waals surface area contributed by atoms with Gasteiger partial charge in [0.25, 0.3) is 5.91 Å². The largest absolute Gasteiger partial charge is 0.497 e. The first-order valence-corrected chi connectivity index (χ1v) is 8.23. The molecule has 1 aromatic rings. The van der Waals surface area contributed by atoms with Crippen LogP contribution in [0.2, 0.25) is 0 Å². The summed E-state index contributed by atoms with van der Waals surface area (Å²) in [6, 6.07) is 7.21. The van der Waals surface area contributed by atoms with Gasteiger partial charge in [0, 0.05) is 25.2 Å². The first-order valence-electron chi connectivity index (χ1n) is 8.23. The first kappa shape index (κ1) is 16.8. The van der Waals surface area contributed by atoms with Crippen LogP contribution in [0.3, 0.4) is 0 Å². The average molecular weight is 304 g/mol. The predicted molar refractivity (Wildman–Crippen MR) is 89.3 cm³/mol. The number of carbonyl (C=O) groups excluding carboxylic acids is 1. The molecule has 0 aromatic heterocycles. The predicted octanol–water partition coefficient (Wildman–Crippen LogP) is 2.79. The molecule has 0 radical (unpaired) electrons. The van der Waals surface area contributed by atoms with Gasteiger partial charge >= 0.3 is 0 Å². The van der Waals surface area contributed by atoms with E-state index in [2.05, 4.69) is 24.1 Å². The van der Waals surface area contributed by atoms with E-state index in [1.807, 2.05) is 12.1 Å². The molecule has 1 saturated heterocycles. The van der Waals surface area contributed by atoms with E-state index in [1.165, 1.54) is 19.5 Å². The van der Waals surface area contributed by atoms with E-state index < -0.39 is 0 Å². The van der Waals surface area contributed by atoms with Gasteiger partial charge < -0.3 is 15.0 Å². The van der Waals surface area contributed by atoms with Crippen molar-refractivity contribution in [1.29, 1.82) is 0 Å². The summed E-state index contributed by atoms with van der Waals surface area (Å²) in [4.78, 5) is 14.6. The maximum Gasteiger partial charge on any atom is 0.251 e. The first-order chi connectivity index (χ1) is 10.6. The van der Waals surface area contributed by atoms with Crippen molar-refractivity contribution in [1.82, 2.24) is 10.2 Å². The van der Waals surface area contributed by atoms with Crippen LogP contribution in [-0.2, 0) is 0 Å². The van der Waals surface area contributed by atoms with Gasteiger partial charge in [0.15, 0.2) is 0 Å². The van der Waals surface area contributed by atoms with Crippen LogP contribution in [-0.4, -0.2) is 44.1 Å². The zero-order valence-corrected chi connectivity index (χ0v) is 14.0. The maximum absolute atomic E-state index is 12.0. The zero-order chi connectivity index (χ0) is 15.9. The Labute approximate surface area is 133 Å². The Hall–Kier alpha value is -1.55. The molecule has 22 heavy (non-hydrogen) atoms. The number of hydrogen-bond acceptors (Lipinski definition) is 3. The van der Waals surface area contributed by atoms with Crippen LogP contribution in [0.1, 0.15) is 37.0 Å². The number of nitrogens with zero attached hydrogens (tertiary/aromatic N) is 1. The van der Waals surface area contributed by atoms with E-state index in [9.17, 15) is 4.79 Å². The van der Waals surface area contributed by atoms with Gasteiger partial charge in [-0.3, -0.25) is 4.79 Å². The number of ether oxygens (including phenoxy) is 1. The summed E-state index contributed by atoms with van der Waals surface area (Å²) in [5.74, 6) is 2.34. The Kier molecular flexibility index (Phi) is 6.25. The SMILES string of the molecule is COc1ccc(C(=O)NCCCN2C[C@@H](C)C[C@H](C)C2)cc1. The number of piperidine rings is 1. The number of hydrogen-bond donors (Lipinski definition) is 1. The second kappa shape index (κ2) is 8.18. The van der Waals surface area contributed by atoms with Gasteiger partial charge in [0.1, 0.15) is 5.75 Å². The van der Waals surface area contributed by atoms with Crippen molar-refractivity contribution in [2.75, 3.05) is 33.3 Å². The van der Waals surface area contributed by atoms with Crippen LogP contribution in [0.25, 0.3) is 0 Å². The van der Waals surface area contributed by atoms with Crippen molar-refractivity contribution in [2.45, 2.75) is 26.7 Å². The molecule has 2 atom stereocenters. The van der Waals surface area contributed by atoms with Gasteiger partial charge in [0.05, 0.1) is 7.11 Å². The Morgan fingerprint density at radius 1 is 1.23 bits per heavy atom. The molecular weight excluding hydrogens is 276 g/mol. The summed E-state index contributed by atoms with van der Waals surface area (Å²) in [5.41, 5.74) is 0.681. The summed E-state index contributed by atoms with van der Waals surface area (Å²) < 4.78 is 5.09. The van der Waals surface area contributed by atoms with Crippen LogP contribution in [0.15, 0.2) is 24.3 Å². The number of rotatable bonds is 6. The number of methoxy groups -OCH3 is 1. The molecule has 1 aromatic carbocycles. The zero-order valence-electron chi connectivity index (χ0n) is 14.0. The standard InChI is InChI=1S/C18H28N2O2/c1-14-11-15(2)13-20(12-14)10-4-9-19-18(21)16-5-7-17(22-3)8-6-16/h5-8,14-15H,4,9-13H2,1-3H3,(H,19,21)/t14-,15-/m0/s1. The highest BCUT2D eigenvalue weighted by Gasteiger charge is 2.21. The Morgan fingerprint density at radius 2 is 1.86 bits per heavy atom. The lowest BCUT2D eigenvalue weighted by Crippen LogP contribution is -2.40. The van der Waals surface area contributed by atoms with Crippen molar-refractivity contribution >= 4 is 5.91 Å². The minimum absolute atomic E-state index is 0.0111. The molecule has 1 N–H and O–H groups in total. The molecule has 2 rings (SSSR count). The fraction of sp³-hybridized carbons (Fsp3) is 0.611. The lowest BCUT2D eigenvalue weighted by atomic mass is 9.92. The third kappa shape index (κ3) is 5.02. The minimum Gasteiger partial charge on any atom is -0.497 e. The highest BCUT2D eigenvalue weighted by atomic mass is 16.5. The summed E-state index contributed by atoms with van der Waals surface area (Å²) in [6.45, 7) is 8.83. The van der Waals surface area contributed by atoms with Crippen LogP contribution in [0.5, 0.6) is 5.75 Å². The summed E-state index contributed by atoms with van der Waals surface area (Å²) in [6.07, 6.45) is 2.34. The molecule has 122 valence electrons. The molecular formula is C18H28N2O2. The second-order valence-corrected chi connectivity index (χ2v) is 6.54. The Bertz CT molecular complexity index is 462. The lowest BCUT2D eigenvalue weighted by molar-refractivity contribution is 0.0947. The summed E-state index contributed by atoms with van der Waals surface area (Å²) >= 11 is 0. The topological polar surface area (TPSA) is 41.6 Å². The molecule has 4 heteroatoms. The minimum atomic E-state index is -0.0111. The molecule has 1 aliphatic heterocycles. The molecule has 1 aliphatic rings. The molecule has 0 aliphatic carbocycles. The van der Waals surface area contributed by atoms with Gasteiger partial charge in [0.2, 0.25) is 0 Å². The number of likely N-dealkylation sites (tertiary alicyclic amines) is 1. The Morgan fingerprint density at radius 3 is 2.45 bits per heavy atom. The van der Waals surface area contributed by atoms with E-state index in [0.29, 0.717) is 5.56 Å².